The number of nitrogens with zero attached hydrogens (tertiary/aromatic N) is 2. The second kappa shape index (κ2) is 4.03. The standard InChI is InChI=1S/C13H11N3O2/c1-17-12-8(4-3-7-15-12)13-16-11-9(14)5-2-6-10(11)18-13/h2-7H,14H2,1H3. The normalized spacial score (nSPS) is 10.7. The highest BCUT2D eigenvalue weighted by Crippen LogP contribution is 2.31. The van der Waals surface area contributed by atoms with Crippen molar-refractivity contribution in [2.75, 3.05) is 12.8 Å². The average Bonchev–Trinajstić information content (AvgIpc) is 2.84. The Morgan fingerprint density at radius 2 is 2.11 bits per heavy atom. The fourth-order valence-electron chi connectivity index (χ4n) is 1.80. The SMILES string of the molecule is COc1ncccc1-c1nc2c(N)cccc2o1. The molecule has 0 amide bonds. The van der Waals surface area contributed by atoms with Gasteiger partial charge < -0.3 is 14.9 Å². The highest BCUT2D eigenvalue weighted by atomic mass is 16.5. The third kappa shape index (κ3) is 1.57. The largest absolute Gasteiger partial charge is 0.480 e. The minimum atomic E-state index is 0.452. The van der Waals surface area contributed by atoms with Crippen LogP contribution in [0.15, 0.2) is 40.9 Å². The number of nitrogens with two attached hydrogens (primary N) is 1. The van der Waals surface area contributed by atoms with E-state index in [1.54, 1.807) is 25.4 Å². The number of benzene rings is 1. The molecule has 5 heteroatoms. The van der Waals surface area contributed by atoms with Gasteiger partial charge in [0, 0.05) is 6.20 Å². The summed E-state index contributed by atoms with van der Waals surface area (Å²) in [7, 11) is 1.56. The Hall–Kier alpha value is -2.56. The molecule has 0 bridgehead atoms. The molecule has 3 rings (SSSR count). The van der Waals surface area contributed by atoms with Gasteiger partial charge in [-0.3, -0.25) is 0 Å². The van der Waals surface area contributed by atoms with Crippen molar-refractivity contribution in [3.05, 3.63) is 36.5 Å². The molecule has 18 heavy (non-hydrogen) atoms. The monoisotopic (exact) mass is 241 g/mol. The Balaban J connectivity index is 2.23. The summed E-state index contributed by atoms with van der Waals surface area (Å²) in [6.45, 7) is 0. The van der Waals surface area contributed by atoms with Crippen LogP contribution >= 0.6 is 0 Å². The zero-order valence-corrected chi connectivity index (χ0v) is 9.75. The Labute approximate surface area is 103 Å². The lowest BCUT2D eigenvalue weighted by Crippen LogP contribution is -1.90. The lowest BCUT2D eigenvalue weighted by molar-refractivity contribution is 0.398. The fraction of sp³-hybridized carbons (Fsp3) is 0.0769. The van der Waals surface area contributed by atoms with Crippen LogP contribution in [-0.2, 0) is 0 Å². The molecule has 90 valence electrons. The van der Waals surface area contributed by atoms with Crippen molar-refractivity contribution in [1.82, 2.24) is 9.97 Å². The Kier molecular flexibility index (Phi) is 2.37. The number of hydrogen-bond donors (Lipinski definition) is 1. The molecule has 2 heterocycles. The minimum absolute atomic E-state index is 0.452. The molecule has 0 spiro atoms. The van der Waals surface area contributed by atoms with E-state index in [2.05, 4.69) is 9.97 Å². The number of ether oxygens (including phenoxy) is 1. The third-order valence-corrected chi connectivity index (χ3v) is 2.65. The smallest absolute Gasteiger partial charge is 0.232 e. The quantitative estimate of drug-likeness (QED) is 0.697. The van der Waals surface area contributed by atoms with Gasteiger partial charge >= 0.3 is 0 Å². The number of aromatic nitrogens is 2. The van der Waals surface area contributed by atoms with E-state index < -0.39 is 0 Å². The summed E-state index contributed by atoms with van der Waals surface area (Å²) in [6, 6.07) is 9.08. The molecule has 0 radical (unpaired) electrons. The van der Waals surface area contributed by atoms with Crippen LogP contribution in [-0.4, -0.2) is 17.1 Å². The average molecular weight is 241 g/mol. The van der Waals surface area contributed by atoms with Gasteiger partial charge in [0.2, 0.25) is 11.8 Å². The third-order valence-electron chi connectivity index (χ3n) is 2.65. The number of oxazole rings is 1. The molecule has 2 aromatic heterocycles. The summed E-state index contributed by atoms with van der Waals surface area (Å²) in [5.74, 6) is 0.926. The maximum atomic E-state index is 5.85. The molecule has 0 unspecified atom stereocenters. The van der Waals surface area contributed by atoms with Crippen molar-refractivity contribution in [2.45, 2.75) is 0 Å². The number of nitrogen functional groups attached to an aromatic ring is 1. The molecular weight excluding hydrogens is 230 g/mol. The predicted molar refractivity (Wildman–Crippen MR) is 68.2 cm³/mol. The zero-order valence-electron chi connectivity index (χ0n) is 9.75. The first-order valence-corrected chi connectivity index (χ1v) is 5.44. The molecule has 0 saturated carbocycles. The van der Waals surface area contributed by atoms with Crippen molar-refractivity contribution in [1.29, 1.82) is 0 Å². The van der Waals surface area contributed by atoms with E-state index in [0.29, 0.717) is 34.1 Å². The summed E-state index contributed by atoms with van der Waals surface area (Å²) >= 11 is 0. The Morgan fingerprint density at radius 3 is 2.89 bits per heavy atom. The molecule has 0 aliphatic heterocycles. The van der Waals surface area contributed by atoms with Crippen molar-refractivity contribution < 1.29 is 9.15 Å². The van der Waals surface area contributed by atoms with Gasteiger partial charge in [-0.2, -0.15) is 0 Å². The fourth-order valence-corrected chi connectivity index (χ4v) is 1.80. The maximum Gasteiger partial charge on any atom is 0.232 e. The molecule has 0 aliphatic carbocycles. The number of rotatable bonds is 2. The van der Waals surface area contributed by atoms with E-state index in [-0.39, 0.29) is 0 Å². The lowest BCUT2D eigenvalue weighted by atomic mass is 10.2. The van der Waals surface area contributed by atoms with Gasteiger partial charge in [0.25, 0.3) is 0 Å². The van der Waals surface area contributed by atoms with Crippen molar-refractivity contribution >= 4 is 16.8 Å². The lowest BCUT2D eigenvalue weighted by Gasteiger charge is -2.01. The van der Waals surface area contributed by atoms with Crippen molar-refractivity contribution in [3.8, 4) is 17.3 Å². The van der Waals surface area contributed by atoms with Gasteiger partial charge in [-0.15, -0.1) is 0 Å². The Bertz CT molecular complexity index is 706. The summed E-state index contributed by atoms with van der Waals surface area (Å²) in [4.78, 5) is 8.49. The van der Waals surface area contributed by atoms with Crippen LogP contribution in [0.5, 0.6) is 5.88 Å². The first-order chi connectivity index (χ1) is 8.79. The van der Waals surface area contributed by atoms with Gasteiger partial charge in [0.05, 0.1) is 18.4 Å². The van der Waals surface area contributed by atoms with Crippen molar-refractivity contribution in [3.63, 3.8) is 0 Å². The van der Waals surface area contributed by atoms with Crippen LogP contribution in [0.1, 0.15) is 0 Å². The molecule has 1 aromatic carbocycles. The molecule has 0 saturated heterocycles. The van der Waals surface area contributed by atoms with Gasteiger partial charge in [-0.05, 0) is 24.3 Å². The van der Waals surface area contributed by atoms with E-state index in [9.17, 15) is 0 Å². The summed E-state index contributed by atoms with van der Waals surface area (Å²) in [6.07, 6.45) is 1.65. The van der Waals surface area contributed by atoms with Crippen LogP contribution in [0.4, 0.5) is 5.69 Å². The van der Waals surface area contributed by atoms with Gasteiger partial charge in [-0.1, -0.05) is 6.07 Å². The summed E-state index contributed by atoms with van der Waals surface area (Å²) in [5.41, 5.74) is 8.44. The van der Waals surface area contributed by atoms with Gasteiger partial charge in [0.1, 0.15) is 5.52 Å². The number of para-hydroxylation sites is 1. The molecule has 2 N–H and O–H groups in total. The van der Waals surface area contributed by atoms with Crippen LogP contribution in [0.2, 0.25) is 0 Å². The highest BCUT2D eigenvalue weighted by Gasteiger charge is 2.14. The maximum absolute atomic E-state index is 5.85. The number of anilines is 1. The number of methoxy groups -OCH3 is 1. The van der Waals surface area contributed by atoms with Crippen LogP contribution < -0.4 is 10.5 Å². The predicted octanol–water partition coefficient (Wildman–Crippen LogP) is 2.48. The number of pyridine rings is 1. The van der Waals surface area contributed by atoms with E-state index in [1.807, 2.05) is 18.2 Å². The first-order valence-electron chi connectivity index (χ1n) is 5.44. The molecular formula is C13H11N3O2. The molecule has 0 atom stereocenters. The summed E-state index contributed by atoms with van der Waals surface area (Å²) in [5, 5.41) is 0. The van der Waals surface area contributed by atoms with E-state index >= 15 is 0 Å². The molecule has 5 nitrogen and oxygen atoms in total. The highest BCUT2D eigenvalue weighted by molar-refractivity contribution is 5.87. The second-order valence-corrected chi connectivity index (χ2v) is 3.77. The van der Waals surface area contributed by atoms with E-state index in [4.69, 9.17) is 14.9 Å². The topological polar surface area (TPSA) is 74.2 Å². The summed E-state index contributed by atoms with van der Waals surface area (Å²) < 4.78 is 10.8. The van der Waals surface area contributed by atoms with Crippen LogP contribution in [0, 0.1) is 0 Å². The molecule has 0 aliphatic rings. The molecule has 0 fully saturated rings. The van der Waals surface area contributed by atoms with Crippen LogP contribution in [0.3, 0.4) is 0 Å². The second-order valence-electron chi connectivity index (χ2n) is 3.77. The number of fused-ring (bicyclic) bond motifs is 1. The van der Waals surface area contributed by atoms with Crippen LogP contribution in [0.25, 0.3) is 22.6 Å². The van der Waals surface area contributed by atoms with Crippen molar-refractivity contribution in [2.24, 2.45) is 0 Å². The Morgan fingerprint density at radius 1 is 1.22 bits per heavy atom. The number of hydrogen-bond acceptors (Lipinski definition) is 5. The molecule has 3 aromatic rings. The van der Waals surface area contributed by atoms with E-state index in [0.717, 1.165) is 0 Å². The zero-order chi connectivity index (χ0) is 12.5. The minimum Gasteiger partial charge on any atom is -0.480 e. The first kappa shape index (κ1) is 10.6. The van der Waals surface area contributed by atoms with Gasteiger partial charge in [0.15, 0.2) is 5.58 Å². The van der Waals surface area contributed by atoms with E-state index in [1.165, 1.54) is 0 Å². The van der Waals surface area contributed by atoms with Gasteiger partial charge in [-0.25, -0.2) is 9.97 Å².